The molecular weight excluding hydrogens is 839 g/mol. The predicted octanol–water partition coefficient (Wildman–Crippen LogP) is 5.66. The Morgan fingerprint density at radius 2 is 1.86 bits per heavy atom. The topological polar surface area (TPSA) is 168 Å². The fourth-order valence-electron chi connectivity index (χ4n) is 10.7. The highest BCUT2D eigenvalue weighted by Crippen LogP contribution is 2.42. The van der Waals surface area contributed by atoms with Crippen LogP contribution in [0.2, 0.25) is 0 Å². The van der Waals surface area contributed by atoms with E-state index in [4.69, 9.17) is 19.2 Å². The van der Waals surface area contributed by atoms with Crippen LogP contribution in [0.25, 0.3) is 33.3 Å². The van der Waals surface area contributed by atoms with Crippen molar-refractivity contribution in [1.82, 2.24) is 35.1 Å². The Labute approximate surface area is 388 Å². The smallest absolute Gasteiger partial charge is 0.324 e. The number of esters is 1. The third-order valence-corrected chi connectivity index (χ3v) is 14.1. The number of nitrogens with one attached hydrogen (secondary N) is 2. The van der Waals surface area contributed by atoms with E-state index in [1.165, 1.54) is 5.01 Å². The quantitative estimate of drug-likeness (QED) is 0.178. The van der Waals surface area contributed by atoms with Crippen LogP contribution in [0, 0.1) is 17.3 Å². The van der Waals surface area contributed by atoms with E-state index in [1.807, 2.05) is 39.0 Å². The normalized spacial score (nSPS) is 23.5. The standard InChI is InChI=1S/C51H67N7O8/c1-9-57-42-15-14-33-26-38(42)39(46(57)37-12-10-17-52-44(37)31(4)64-8)27-51(5,6)29-66-50(63)40-13-11-18-58(54-40)49(62)41(24-32-22-34(33)25-35(59)23-32)53-47(60)45(30(2)3)55(7)48(61)36-16-19-56-20-21-65-28-43(36)56/h10,12,14-15,17,22-23,25-26,30-31,36,40-41,43,45,54,59H,9,11,13,16,18-21,24,27-29H2,1-8H3,(H,53,60)/t31-,36?,40-,41-,43?,45?/m0/s1. The highest BCUT2D eigenvalue weighted by molar-refractivity contribution is 5.96. The van der Waals surface area contributed by atoms with Crippen molar-refractivity contribution in [3.63, 3.8) is 0 Å². The molecule has 4 aliphatic rings. The van der Waals surface area contributed by atoms with Crippen molar-refractivity contribution in [2.75, 3.05) is 53.6 Å². The van der Waals surface area contributed by atoms with Crippen LogP contribution >= 0.6 is 0 Å². The summed E-state index contributed by atoms with van der Waals surface area (Å²) in [4.78, 5) is 66.2. The molecule has 15 heteroatoms. The summed E-state index contributed by atoms with van der Waals surface area (Å²) in [6, 6.07) is 12.8. The first kappa shape index (κ1) is 47.2. The number of hydrogen-bond donors (Lipinski definition) is 3. The van der Waals surface area contributed by atoms with E-state index in [2.05, 4.69) is 59.2 Å². The molecule has 6 bridgehead atoms. The Kier molecular flexibility index (Phi) is 13.9. The van der Waals surface area contributed by atoms with E-state index in [0.29, 0.717) is 57.6 Å². The molecule has 0 aliphatic carbocycles. The lowest BCUT2D eigenvalue weighted by Gasteiger charge is -2.38. The van der Waals surface area contributed by atoms with E-state index < -0.39 is 41.3 Å². The molecule has 3 N–H and O–H groups in total. The first-order chi connectivity index (χ1) is 31.6. The third kappa shape index (κ3) is 9.45. The number of likely N-dealkylation sites (N-methyl/N-ethyl adjacent to an activating group) is 1. The van der Waals surface area contributed by atoms with Crippen molar-refractivity contribution < 1.29 is 38.5 Å². The minimum atomic E-state index is -1.12. The van der Waals surface area contributed by atoms with E-state index in [0.717, 1.165) is 57.6 Å². The number of methoxy groups -OCH3 is 1. The Balaban J connectivity index is 1.20. The summed E-state index contributed by atoms with van der Waals surface area (Å²) in [5, 5.41) is 16.8. The number of nitrogens with zero attached hydrogens (tertiary/aromatic N) is 5. The van der Waals surface area contributed by atoms with Crippen LogP contribution in [-0.4, -0.2) is 131 Å². The average Bonchev–Trinajstić information content (AvgIpc) is 3.87. The van der Waals surface area contributed by atoms with E-state index in [9.17, 15) is 24.3 Å². The summed E-state index contributed by atoms with van der Waals surface area (Å²) in [5.41, 5.74) is 9.72. The summed E-state index contributed by atoms with van der Waals surface area (Å²) in [7, 11) is 3.35. The van der Waals surface area contributed by atoms with Crippen LogP contribution in [0.4, 0.5) is 0 Å². The lowest BCUT2D eigenvalue weighted by molar-refractivity contribution is -0.155. The zero-order valence-electron chi connectivity index (χ0n) is 39.8. The molecule has 0 radical (unpaired) electrons. The van der Waals surface area contributed by atoms with Crippen LogP contribution in [-0.2, 0) is 52.8 Å². The molecule has 4 aliphatic heterocycles. The lowest BCUT2D eigenvalue weighted by Crippen LogP contribution is -2.62. The maximum Gasteiger partial charge on any atom is 0.324 e. The SMILES string of the molecule is CCn1c(-c2cccnc2[C@H](C)OC)c2c3cc(ccc31)-c1cc(O)cc(c1)C[C@H](NC(=O)C(C(C)C)N(C)C(=O)C1CCN3CCOCC13)C(=O)N1CCC[C@H](N1)C(=O)OCC(C)(C)C2. The number of cyclic esters (lactones) is 1. The zero-order chi connectivity index (χ0) is 47.0. The van der Waals surface area contributed by atoms with Crippen LogP contribution < -0.4 is 10.7 Å². The fourth-order valence-corrected chi connectivity index (χ4v) is 10.7. The summed E-state index contributed by atoms with van der Waals surface area (Å²) < 4.78 is 20.0. The summed E-state index contributed by atoms with van der Waals surface area (Å²) in [6.07, 6.45) is 3.77. The van der Waals surface area contributed by atoms with Gasteiger partial charge in [0.15, 0.2) is 0 Å². The number of fused-ring (bicyclic) bond motifs is 7. The number of hydrazine groups is 1. The van der Waals surface area contributed by atoms with Crippen molar-refractivity contribution in [3.05, 3.63) is 71.5 Å². The molecule has 2 aromatic heterocycles. The van der Waals surface area contributed by atoms with Gasteiger partial charge in [-0.15, -0.1) is 0 Å². The van der Waals surface area contributed by atoms with Gasteiger partial charge in [0, 0.05) is 74.3 Å². The van der Waals surface area contributed by atoms with Gasteiger partial charge in [-0.3, -0.25) is 34.1 Å². The maximum atomic E-state index is 14.8. The van der Waals surface area contributed by atoms with Gasteiger partial charge in [-0.25, -0.2) is 5.43 Å². The number of carbonyl (C=O) groups excluding carboxylic acids is 4. The molecular formula is C51H67N7O8. The molecule has 354 valence electrons. The van der Waals surface area contributed by atoms with Crippen LogP contribution in [0.3, 0.4) is 0 Å². The molecule has 4 aromatic rings. The first-order valence-electron chi connectivity index (χ1n) is 23.7. The minimum absolute atomic E-state index is 0.0119. The molecule has 0 spiro atoms. The second-order valence-corrected chi connectivity index (χ2v) is 19.7. The van der Waals surface area contributed by atoms with Crippen molar-refractivity contribution in [2.45, 2.75) is 110 Å². The van der Waals surface area contributed by atoms with Crippen molar-refractivity contribution in [1.29, 1.82) is 0 Å². The van der Waals surface area contributed by atoms with Crippen molar-refractivity contribution in [2.24, 2.45) is 17.3 Å². The van der Waals surface area contributed by atoms with E-state index >= 15 is 0 Å². The number of benzene rings is 2. The van der Waals surface area contributed by atoms with Gasteiger partial charge in [0.2, 0.25) is 11.8 Å². The number of phenolic OH excluding ortho intramolecular Hbond substituents is 1. The number of hydrogen-bond acceptors (Lipinski definition) is 11. The van der Waals surface area contributed by atoms with Gasteiger partial charge in [-0.2, -0.15) is 0 Å². The number of amides is 3. The van der Waals surface area contributed by atoms with Gasteiger partial charge in [0.25, 0.3) is 5.91 Å². The number of phenols is 1. The predicted molar refractivity (Wildman–Crippen MR) is 251 cm³/mol. The van der Waals surface area contributed by atoms with Gasteiger partial charge in [-0.1, -0.05) is 39.8 Å². The molecule has 15 nitrogen and oxygen atoms in total. The van der Waals surface area contributed by atoms with Crippen molar-refractivity contribution in [3.8, 4) is 28.1 Å². The molecule has 3 unspecified atom stereocenters. The zero-order valence-corrected chi connectivity index (χ0v) is 39.8. The van der Waals surface area contributed by atoms with Gasteiger partial charge < -0.3 is 34.1 Å². The number of aromatic nitrogens is 2. The monoisotopic (exact) mass is 906 g/mol. The van der Waals surface area contributed by atoms with Crippen LogP contribution in [0.15, 0.2) is 54.7 Å². The van der Waals surface area contributed by atoms with Crippen LogP contribution in [0.5, 0.6) is 5.75 Å². The second-order valence-electron chi connectivity index (χ2n) is 19.7. The van der Waals surface area contributed by atoms with Crippen LogP contribution in [0.1, 0.15) is 83.7 Å². The summed E-state index contributed by atoms with van der Waals surface area (Å²) >= 11 is 0. The number of ether oxygens (including phenoxy) is 3. The number of aryl methyl sites for hydroxylation is 1. The molecule has 3 fully saturated rings. The molecule has 66 heavy (non-hydrogen) atoms. The summed E-state index contributed by atoms with van der Waals surface area (Å²) in [5.74, 6) is -2.06. The lowest BCUT2D eigenvalue weighted by atomic mass is 9.84. The molecule has 8 rings (SSSR count). The Morgan fingerprint density at radius 3 is 2.62 bits per heavy atom. The highest BCUT2D eigenvalue weighted by atomic mass is 16.5. The van der Waals surface area contributed by atoms with E-state index in [1.54, 1.807) is 37.4 Å². The molecule has 6 atom stereocenters. The average molecular weight is 906 g/mol. The number of aromatic hydroxyl groups is 1. The third-order valence-electron chi connectivity index (χ3n) is 14.1. The fraction of sp³-hybridized carbons (Fsp3) is 0.549. The van der Waals surface area contributed by atoms with E-state index in [-0.39, 0.29) is 48.7 Å². The molecule has 3 amide bonds. The maximum absolute atomic E-state index is 14.8. The number of morpholine rings is 1. The molecule has 3 saturated heterocycles. The van der Waals surface area contributed by atoms with Crippen molar-refractivity contribution >= 4 is 34.6 Å². The van der Waals surface area contributed by atoms with Gasteiger partial charge >= 0.3 is 5.97 Å². The molecule has 0 saturated carbocycles. The van der Waals surface area contributed by atoms with Gasteiger partial charge in [0.1, 0.15) is 23.9 Å². The Hall–Kier alpha value is -5.35. The number of pyridine rings is 1. The first-order valence-corrected chi connectivity index (χ1v) is 23.7. The Bertz CT molecular complexity index is 2470. The molecule has 2 aromatic carbocycles. The van der Waals surface area contributed by atoms with Gasteiger partial charge in [-0.05, 0) is 111 Å². The second kappa shape index (κ2) is 19.5. The largest absolute Gasteiger partial charge is 0.508 e. The molecule has 6 heterocycles. The summed E-state index contributed by atoms with van der Waals surface area (Å²) in [6.45, 7) is 15.9. The Morgan fingerprint density at radius 1 is 1.06 bits per heavy atom. The van der Waals surface area contributed by atoms with Gasteiger partial charge in [0.05, 0.1) is 43.2 Å². The minimum Gasteiger partial charge on any atom is -0.508 e. The number of rotatable bonds is 9. The highest BCUT2D eigenvalue weighted by Gasteiger charge is 2.44. The number of carbonyl (C=O) groups is 4.